The van der Waals surface area contributed by atoms with Gasteiger partial charge in [0, 0.05) is 25.7 Å². The SMILES string of the molecule is O=C(c1cccc(=O)[nH]1)N1CCCN(CCCc2ccccc2)CC1. The molecule has 1 aliphatic heterocycles. The third kappa shape index (κ3) is 5.03. The first-order chi connectivity index (χ1) is 12.2. The zero-order valence-electron chi connectivity index (χ0n) is 14.5. The fraction of sp³-hybridized carbons (Fsp3) is 0.400. The van der Waals surface area contributed by atoms with Crippen LogP contribution in [0.1, 0.15) is 28.9 Å². The molecular formula is C20H25N3O2. The van der Waals surface area contributed by atoms with E-state index in [1.54, 1.807) is 12.1 Å². The molecule has 0 radical (unpaired) electrons. The number of aromatic nitrogens is 1. The van der Waals surface area contributed by atoms with Crippen molar-refractivity contribution in [2.24, 2.45) is 0 Å². The number of benzene rings is 1. The topological polar surface area (TPSA) is 56.4 Å². The second-order valence-electron chi connectivity index (χ2n) is 6.51. The van der Waals surface area contributed by atoms with Gasteiger partial charge in [0.15, 0.2) is 0 Å². The second-order valence-corrected chi connectivity index (χ2v) is 6.51. The lowest BCUT2D eigenvalue weighted by Gasteiger charge is -2.22. The van der Waals surface area contributed by atoms with E-state index in [1.165, 1.54) is 11.6 Å². The maximum Gasteiger partial charge on any atom is 0.270 e. The molecule has 1 amide bonds. The smallest absolute Gasteiger partial charge is 0.270 e. The Hall–Kier alpha value is -2.40. The molecule has 5 heteroatoms. The van der Waals surface area contributed by atoms with Gasteiger partial charge >= 0.3 is 0 Å². The monoisotopic (exact) mass is 339 g/mol. The van der Waals surface area contributed by atoms with Gasteiger partial charge in [-0.3, -0.25) is 9.59 Å². The van der Waals surface area contributed by atoms with Crippen LogP contribution >= 0.6 is 0 Å². The minimum atomic E-state index is -0.233. The molecule has 1 saturated heterocycles. The van der Waals surface area contributed by atoms with Crippen molar-refractivity contribution in [3.8, 4) is 0 Å². The first-order valence-electron chi connectivity index (χ1n) is 8.97. The highest BCUT2D eigenvalue weighted by Gasteiger charge is 2.20. The van der Waals surface area contributed by atoms with E-state index in [4.69, 9.17) is 0 Å². The summed E-state index contributed by atoms with van der Waals surface area (Å²) in [5, 5.41) is 0. The zero-order chi connectivity index (χ0) is 17.5. The van der Waals surface area contributed by atoms with Crippen LogP contribution in [0.4, 0.5) is 0 Å². The Labute approximate surface area is 148 Å². The van der Waals surface area contributed by atoms with E-state index in [9.17, 15) is 9.59 Å². The van der Waals surface area contributed by atoms with Crippen LogP contribution in [0.5, 0.6) is 0 Å². The maximum atomic E-state index is 12.5. The summed E-state index contributed by atoms with van der Waals surface area (Å²) in [7, 11) is 0. The first kappa shape index (κ1) is 17.4. The lowest BCUT2D eigenvalue weighted by molar-refractivity contribution is 0.0755. The van der Waals surface area contributed by atoms with E-state index < -0.39 is 0 Å². The summed E-state index contributed by atoms with van der Waals surface area (Å²) < 4.78 is 0. The number of nitrogens with zero attached hydrogens (tertiary/aromatic N) is 2. The van der Waals surface area contributed by atoms with Crippen molar-refractivity contribution in [2.45, 2.75) is 19.3 Å². The maximum absolute atomic E-state index is 12.5. The zero-order valence-corrected chi connectivity index (χ0v) is 14.5. The molecule has 0 spiro atoms. The molecule has 2 aromatic rings. The molecule has 25 heavy (non-hydrogen) atoms. The van der Waals surface area contributed by atoms with Crippen molar-refractivity contribution in [3.63, 3.8) is 0 Å². The van der Waals surface area contributed by atoms with Gasteiger partial charge in [0.25, 0.3) is 5.91 Å². The Bertz CT molecular complexity index is 742. The van der Waals surface area contributed by atoms with E-state index in [1.807, 2.05) is 11.0 Å². The van der Waals surface area contributed by atoms with Gasteiger partial charge in [-0.15, -0.1) is 0 Å². The molecular weight excluding hydrogens is 314 g/mol. The minimum Gasteiger partial charge on any atom is -0.336 e. The molecule has 0 bridgehead atoms. The number of rotatable bonds is 5. The molecule has 1 N–H and O–H groups in total. The van der Waals surface area contributed by atoms with Crippen LogP contribution in [-0.4, -0.2) is 53.4 Å². The van der Waals surface area contributed by atoms with Gasteiger partial charge in [0.1, 0.15) is 5.69 Å². The summed E-state index contributed by atoms with van der Waals surface area (Å²) >= 11 is 0. The number of hydrogen-bond donors (Lipinski definition) is 1. The third-order valence-corrected chi connectivity index (χ3v) is 4.66. The van der Waals surface area contributed by atoms with E-state index in [2.05, 4.69) is 34.1 Å². The number of nitrogens with one attached hydrogen (secondary N) is 1. The largest absolute Gasteiger partial charge is 0.336 e. The Balaban J connectivity index is 1.48. The van der Waals surface area contributed by atoms with Crippen LogP contribution in [0.3, 0.4) is 0 Å². The van der Waals surface area contributed by atoms with Gasteiger partial charge in [-0.05, 0) is 44.0 Å². The fourth-order valence-electron chi connectivity index (χ4n) is 3.29. The number of hydrogen-bond acceptors (Lipinski definition) is 3. The molecule has 3 rings (SSSR count). The van der Waals surface area contributed by atoms with Crippen molar-refractivity contribution < 1.29 is 4.79 Å². The third-order valence-electron chi connectivity index (χ3n) is 4.66. The van der Waals surface area contributed by atoms with Gasteiger partial charge in [-0.25, -0.2) is 0 Å². The number of carbonyl (C=O) groups excluding carboxylic acids is 1. The highest BCUT2D eigenvalue weighted by atomic mass is 16.2. The highest BCUT2D eigenvalue weighted by molar-refractivity contribution is 5.92. The Morgan fingerprint density at radius 3 is 2.60 bits per heavy atom. The van der Waals surface area contributed by atoms with Crippen LogP contribution in [0.2, 0.25) is 0 Å². The summed E-state index contributed by atoms with van der Waals surface area (Å²) in [5.74, 6) is -0.0798. The molecule has 132 valence electrons. The molecule has 1 fully saturated rings. The molecule has 2 heterocycles. The van der Waals surface area contributed by atoms with Crippen molar-refractivity contribution in [2.75, 3.05) is 32.7 Å². The molecule has 0 atom stereocenters. The first-order valence-corrected chi connectivity index (χ1v) is 8.97. The van der Waals surface area contributed by atoms with Crippen molar-refractivity contribution >= 4 is 5.91 Å². The van der Waals surface area contributed by atoms with Crippen molar-refractivity contribution in [1.82, 2.24) is 14.8 Å². The van der Waals surface area contributed by atoms with Crippen LogP contribution in [-0.2, 0) is 6.42 Å². The lowest BCUT2D eigenvalue weighted by atomic mass is 10.1. The summed E-state index contributed by atoms with van der Waals surface area (Å²) in [6.07, 6.45) is 3.18. The number of carbonyl (C=O) groups is 1. The normalized spacial score (nSPS) is 15.8. The summed E-state index contributed by atoms with van der Waals surface area (Å²) in [6.45, 7) is 4.41. The highest BCUT2D eigenvalue weighted by Crippen LogP contribution is 2.09. The lowest BCUT2D eigenvalue weighted by Crippen LogP contribution is -2.36. The number of aryl methyl sites for hydroxylation is 1. The van der Waals surface area contributed by atoms with Gasteiger partial charge < -0.3 is 14.8 Å². The molecule has 1 aliphatic rings. The quantitative estimate of drug-likeness (QED) is 0.908. The van der Waals surface area contributed by atoms with Gasteiger partial charge in [0.2, 0.25) is 5.56 Å². The van der Waals surface area contributed by atoms with Gasteiger partial charge in [0.05, 0.1) is 0 Å². The molecule has 1 aromatic carbocycles. The Morgan fingerprint density at radius 1 is 0.960 bits per heavy atom. The van der Waals surface area contributed by atoms with Gasteiger partial charge in [-0.1, -0.05) is 36.4 Å². The van der Waals surface area contributed by atoms with Crippen molar-refractivity contribution in [3.05, 3.63) is 70.1 Å². The number of H-pyrrole nitrogens is 1. The molecule has 0 aliphatic carbocycles. The van der Waals surface area contributed by atoms with Crippen LogP contribution < -0.4 is 5.56 Å². The van der Waals surface area contributed by atoms with Gasteiger partial charge in [-0.2, -0.15) is 0 Å². The number of pyridine rings is 1. The average molecular weight is 339 g/mol. The van der Waals surface area contributed by atoms with Crippen LogP contribution in [0, 0.1) is 0 Å². The number of amides is 1. The molecule has 1 aromatic heterocycles. The van der Waals surface area contributed by atoms with E-state index in [0.29, 0.717) is 12.2 Å². The Kier molecular flexibility index (Phi) is 6.01. The van der Waals surface area contributed by atoms with Crippen LogP contribution in [0.15, 0.2) is 53.3 Å². The predicted molar refractivity (Wildman–Crippen MR) is 98.8 cm³/mol. The molecule has 5 nitrogen and oxygen atoms in total. The molecule has 0 unspecified atom stereocenters. The molecule has 0 saturated carbocycles. The van der Waals surface area contributed by atoms with E-state index >= 15 is 0 Å². The minimum absolute atomic E-state index is 0.0798. The fourth-order valence-corrected chi connectivity index (χ4v) is 3.29. The predicted octanol–water partition coefficient (Wildman–Crippen LogP) is 2.16. The second kappa shape index (κ2) is 8.62. The summed E-state index contributed by atoms with van der Waals surface area (Å²) in [6, 6.07) is 15.3. The standard InChI is InChI=1S/C20H25N3O2/c24-19-11-4-10-18(21-19)20(25)23-14-6-13-22(15-16-23)12-5-9-17-7-2-1-3-8-17/h1-4,7-8,10-11H,5-6,9,12-16H2,(H,21,24). The van der Waals surface area contributed by atoms with Crippen LogP contribution in [0.25, 0.3) is 0 Å². The van der Waals surface area contributed by atoms with E-state index in [-0.39, 0.29) is 11.5 Å². The summed E-state index contributed by atoms with van der Waals surface area (Å²) in [5.41, 5.74) is 1.52. The Morgan fingerprint density at radius 2 is 1.80 bits per heavy atom. The average Bonchev–Trinajstić information content (AvgIpc) is 2.88. The van der Waals surface area contributed by atoms with E-state index in [0.717, 1.165) is 45.4 Å². The number of aromatic amines is 1. The summed E-state index contributed by atoms with van der Waals surface area (Å²) in [4.78, 5) is 30.9. The van der Waals surface area contributed by atoms with Crippen molar-refractivity contribution in [1.29, 1.82) is 0 Å².